The molecule has 0 saturated heterocycles. The second-order valence-corrected chi connectivity index (χ2v) is 11.5. The van der Waals surface area contributed by atoms with E-state index in [2.05, 4.69) is 14.7 Å². The molecule has 0 fully saturated rings. The number of ketones is 1. The average molecular weight is 692 g/mol. The van der Waals surface area contributed by atoms with Gasteiger partial charge in [-0.15, -0.1) is 0 Å². The predicted molar refractivity (Wildman–Crippen MR) is 159 cm³/mol. The van der Waals surface area contributed by atoms with E-state index in [1.54, 1.807) is 0 Å². The third-order valence-electron chi connectivity index (χ3n) is 6.21. The molecular weight excluding hydrogens is 672 g/mol. The summed E-state index contributed by atoms with van der Waals surface area (Å²) in [5, 5.41) is 20.9. The van der Waals surface area contributed by atoms with Gasteiger partial charge in [0.2, 0.25) is 5.88 Å². The molecule has 0 bridgehead atoms. The number of pyridine rings is 2. The number of aldehydes is 1. The third kappa shape index (κ3) is 7.97. The van der Waals surface area contributed by atoms with E-state index in [1.165, 1.54) is 36.5 Å². The number of anilines is 1. The maximum Gasteiger partial charge on any atom is 0.337 e. The number of sulfonamides is 1. The Morgan fingerprint density at radius 2 is 1.79 bits per heavy atom. The summed E-state index contributed by atoms with van der Waals surface area (Å²) >= 11 is 5.96. The minimum absolute atomic E-state index is 0.00489. The molecule has 47 heavy (non-hydrogen) atoms. The van der Waals surface area contributed by atoms with Crippen molar-refractivity contribution >= 4 is 50.8 Å². The monoisotopic (exact) mass is 691 g/mol. The zero-order chi connectivity index (χ0) is 34.3. The van der Waals surface area contributed by atoms with Crippen LogP contribution < -0.4 is 13.8 Å². The number of carbonyl (C=O) groups is 2. The summed E-state index contributed by atoms with van der Waals surface area (Å²) in [6.45, 7) is -0.333. The first-order chi connectivity index (χ1) is 22.3. The molecule has 0 saturated carbocycles. The van der Waals surface area contributed by atoms with E-state index in [9.17, 15) is 47.0 Å². The molecule has 0 unspecified atom stereocenters. The van der Waals surface area contributed by atoms with E-state index in [4.69, 9.17) is 16.3 Å². The van der Waals surface area contributed by atoms with Gasteiger partial charge in [-0.25, -0.2) is 27.2 Å². The molecule has 15 nitrogen and oxygen atoms in total. The van der Waals surface area contributed by atoms with Crippen LogP contribution in [-0.2, 0) is 21.2 Å². The quantitative estimate of drug-likeness (QED) is 0.0976. The fourth-order valence-corrected chi connectivity index (χ4v) is 5.83. The first-order valence-corrected chi connectivity index (χ1v) is 14.9. The second kappa shape index (κ2) is 14.6. The first-order valence-electron chi connectivity index (χ1n) is 13.1. The number of fused-ring (bicyclic) bond motifs is 1. The molecule has 0 atom stereocenters. The number of Topliss-reactive ketones (excluding diaryl/α,β-unsaturated/α-hetero) is 1. The van der Waals surface area contributed by atoms with Crippen LogP contribution in [-0.4, -0.2) is 60.1 Å². The number of nitro groups is 2. The zero-order valence-electron chi connectivity index (χ0n) is 23.6. The van der Waals surface area contributed by atoms with E-state index in [1.807, 2.05) is 0 Å². The average Bonchev–Trinajstić information content (AvgIpc) is 3.03. The molecule has 2 aromatic carbocycles. The summed E-state index contributed by atoms with van der Waals surface area (Å²) in [4.78, 5) is 49.2. The van der Waals surface area contributed by atoms with Crippen LogP contribution in [0.4, 0.5) is 25.8 Å². The van der Waals surface area contributed by atoms with Crippen molar-refractivity contribution in [3.63, 3.8) is 0 Å². The number of halogens is 3. The highest BCUT2D eigenvalue weighted by Gasteiger charge is 2.31. The summed E-state index contributed by atoms with van der Waals surface area (Å²) in [5.41, 5.74) is -0.927. The summed E-state index contributed by atoms with van der Waals surface area (Å²) in [6, 6.07) is 10.6. The van der Waals surface area contributed by atoms with Gasteiger partial charge in [0, 0.05) is 12.6 Å². The molecule has 0 aliphatic carbocycles. The molecule has 0 N–H and O–H groups in total. The van der Waals surface area contributed by atoms with Crippen molar-refractivity contribution < 1.29 is 46.1 Å². The first kappa shape index (κ1) is 34.3. The summed E-state index contributed by atoms with van der Waals surface area (Å²) in [5.74, 6) is -2.22. The highest BCUT2D eigenvalue weighted by molar-refractivity contribution is 7.92. The topological polar surface area (TPSA) is 202 Å². The van der Waals surface area contributed by atoms with E-state index < -0.39 is 61.1 Å². The lowest BCUT2D eigenvalue weighted by Crippen LogP contribution is -2.38. The smallest absolute Gasteiger partial charge is 0.337 e. The summed E-state index contributed by atoms with van der Waals surface area (Å²) < 4.78 is 64.6. The van der Waals surface area contributed by atoms with Crippen molar-refractivity contribution in [3.05, 3.63) is 115 Å². The van der Waals surface area contributed by atoms with Crippen LogP contribution in [0.3, 0.4) is 0 Å². The fraction of sp³-hybridized carbons (Fsp3) is 0.143. The van der Waals surface area contributed by atoms with Crippen LogP contribution in [0, 0.1) is 31.9 Å². The lowest BCUT2D eigenvalue weighted by Gasteiger charge is -2.30. The Balaban J connectivity index is 0.000000264. The van der Waals surface area contributed by atoms with Gasteiger partial charge in [-0.1, -0.05) is 17.7 Å². The molecule has 4 aromatic rings. The highest BCUT2D eigenvalue weighted by atomic mass is 35.5. The zero-order valence-corrected chi connectivity index (χ0v) is 25.2. The number of aromatic nitrogens is 2. The Morgan fingerprint density at radius 3 is 2.43 bits per heavy atom. The summed E-state index contributed by atoms with van der Waals surface area (Å²) in [6.07, 6.45) is 2.31. The number of hydrogen-bond acceptors (Lipinski definition) is 12. The lowest BCUT2D eigenvalue weighted by atomic mass is 10.0. The Kier molecular flexibility index (Phi) is 10.7. The van der Waals surface area contributed by atoms with Crippen LogP contribution in [0.15, 0.2) is 71.9 Å². The minimum atomic E-state index is -4.02. The summed E-state index contributed by atoms with van der Waals surface area (Å²) in [7, 11) is -4.02. The molecule has 0 radical (unpaired) electrons. The van der Waals surface area contributed by atoms with Gasteiger partial charge in [-0.3, -0.25) is 34.1 Å². The highest BCUT2D eigenvalue weighted by Crippen LogP contribution is 2.35. The lowest BCUT2D eigenvalue weighted by molar-refractivity contribution is -0.395. The number of carbonyl (C=O) groups excluding carboxylic acids is 2. The van der Waals surface area contributed by atoms with Gasteiger partial charge in [0.1, 0.15) is 42.8 Å². The van der Waals surface area contributed by atoms with Crippen LogP contribution >= 0.6 is 11.6 Å². The number of hydrogen-bond donors (Lipinski definition) is 0. The van der Waals surface area contributed by atoms with E-state index in [0.717, 1.165) is 28.7 Å². The van der Waals surface area contributed by atoms with Crippen LogP contribution in [0.25, 0.3) is 0 Å². The van der Waals surface area contributed by atoms with Crippen molar-refractivity contribution in [1.29, 1.82) is 0 Å². The van der Waals surface area contributed by atoms with Crippen molar-refractivity contribution in [2.75, 3.05) is 24.1 Å². The van der Waals surface area contributed by atoms with Crippen molar-refractivity contribution in [2.45, 2.75) is 11.3 Å². The van der Waals surface area contributed by atoms with Gasteiger partial charge in [0.05, 0.1) is 31.9 Å². The van der Waals surface area contributed by atoms with Crippen molar-refractivity contribution in [3.8, 4) is 11.8 Å². The van der Waals surface area contributed by atoms with Gasteiger partial charge >= 0.3 is 5.69 Å². The fourth-order valence-electron chi connectivity index (χ4n) is 4.12. The normalized spacial score (nSPS) is 12.1. The van der Waals surface area contributed by atoms with Crippen molar-refractivity contribution in [1.82, 2.24) is 9.97 Å². The molecular formula is C28H20ClF2N5O10S. The molecule has 0 amide bonds. The SMILES string of the molecule is O=C(Cc1cnc2c(c1)N(S(=O)(=O)c1ccc(F)cc1)CCO2)c1c(F)cccc1Cl.O=CCOc1ncc([N+](=O)[O-])cc1[N+](=O)[O-]. The predicted octanol–water partition coefficient (Wildman–Crippen LogP) is 4.50. The van der Waals surface area contributed by atoms with E-state index >= 15 is 0 Å². The van der Waals surface area contributed by atoms with Crippen LogP contribution in [0.1, 0.15) is 15.9 Å². The molecule has 1 aliphatic rings. The largest absolute Gasteiger partial charge is 0.474 e. The Labute approximate surface area is 268 Å². The Morgan fingerprint density at radius 1 is 1.06 bits per heavy atom. The second-order valence-electron chi connectivity index (χ2n) is 9.25. The van der Waals surface area contributed by atoms with Crippen molar-refractivity contribution in [2.24, 2.45) is 0 Å². The van der Waals surface area contributed by atoms with Gasteiger partial charge in [0.25, 0.3) is 21.6 Å². The third-order valence-corrected chi connectivity index (χ3v) is 8.35. The van der Waals surface area contributed by atoms with Gasteiger partial charge < -0.3 is 9.47 Å². The van der Waals surface area contributed by atoms with E-state index in [0.29, 0.717) is 17.9 Å². The number of ether oxygens (including phenoxy) is 2. The molecule has 5 rings (SSSR count). The van der Waals surface area contributed by atoms with Gasteiger partial charge in [-0.05, 0) is 48.0 Å². The standard InChI is InChI=1S/C21H15ClF2N2O4S.C7H5N3O6/c22-16-2-1-3-17(24)20(16)19(27)11-13-10-18-21(25-12-13)30-9-8-26(18)31(28,29)15-6-4-14(23)5-7-15;11-1-2-16-7-6(10(14)15)3-5(4-8-7)9(12)13/h1-7,10,12H,8-9,11H2;1,3-4H,2H2. The maximum absolute atomic E-state index is 14.1. The molecule has 2 aromatic heterocycles. The molecule has 19 heteroatoms. The Bertz CT molecular complexity index is 1950. The molecule has 3 heterocycles. The Hall–Kier alpha value is -5.62. The number of nitrogens with zero attached hydrogens (tertiary/aromatic N) is 5. The van der Waals surface area contributed by atoms with E-state index in [-0.39, 0.29) is 46.6 Å². The maximum atomic E-state index is 14.1. The van der Waals surface area contributed by atoms with Gasteiger partial charge in [-0.2, -0.15) is 0 Å². The molecule has 244 valence electrons. The molecule has 1 aliphatic heterocycles. The van der Waals surface area contributed by atoms with Gasteiger partial charge in [0.15, 0.2) is 12.1 Å². The molecule has 0 spiro atoms. The van der Waals surface area contributed by atoms with Crippen LogP contribution in [0.2, 0.25) is 5.02 Å². The number of benzene rings is 2. The minimum Gasteiger partial charge on any atom is -0.474 e. The van der Waals surface area contributed by atoms with Crippen LogP contribution in [0.5, 0.6) is 11.8 Å². The number of rotatable bonds is 10.